The van der Waals surface area contributed by atoms with Crippen LogP contribution in [0.15, 0.2) is 23.4 Å². The molecule has 1 aromatic rings. The number of hydrogen-bond donors (Lipinski definition) is 1. The van der Waals surface area contributed by atoms with Crippen LogP contribution in [-0.4, -0.2) is 61.4 Å². The first-order chi connectivity index (χ1) is 9.77. The van der Waals surface area contributed by atoms with Crippen molar-refractivity contribution in [2.24, 2.45) is 5.92 Å². The Labute approximate surface area is 127 Å². The maximum Gasteiger partial charge on any atom is 0.260 e. The monoisotopic (exact) mass is 315 g/mol. The van der Waals surface area contributed by atoms with E-state index in [1.54, 1.807) is 6.07 Å². The quantitative estimate of drug-likeness (QED) is 0.767. The zero-order chi connectivity index (χ0) is 16.0. The highest BCUT2D eigenvalue weighted by Crippen LogP contribution is 2.15. The van der Waals surface area contributed by atoms with Crippen LogP contribution in [0.3, 0.4) is 0 Å². The van der Waals surface area contributed by atoms with Crippen molar-refractivity contribution >= 4 is 10.0 Å². The molecule has 0 atom stereocenters. The van der Waals surface area contributed by atoms with Crippen LogP contribution in [0.4, 0.5) is 0 Å². The average Bonchev–Trinajstić information content (AvgIpc) is 2.42. The third-order valence-electron chi connectivity index (χ3n) is 2.95. The van der Waals surface area contributed by atoms with Crippen molar-refractivity contribution in [2.75, 3.05) is 33.7 Å². The predicted octanol–water partition coefficient (Wildman–Crippen LogP) is 0.782. The largest absolute Gasteiger partial charge is 0.392 e. The first-order valence-electron chi connectivity index (χ1n) is 6.98. The summed E-state index contributed by atoms with van der Waals surface area (Å²) in [6.07, 6.45) is 1.40. The molecule has 120 valence electrons. The Hall–Kier alpha value is -1.02. The number of aromatic nitrogens is 1. The van der Waals surface area contributed by atoms with Crippen LogP contribution in [0, 0.1) is 5.92 Å². The van der Waals surface area contributed by atoms with Crippen LogP contribution in [0.1, 0.15) is 19.4 Å². The molecule has 1 aromatic heterocycles. The Balaban J connectivity index is 3.00. The third kappa shape index (κ3) is 5.35. The summed E-state index contributed by atoms with van der Waals surface area (Å²) in [5.41, 5.74) is 0.595. The molecule has 7 heteroatoms. The summed E-state index contributed by atoms with van der Waals surface area (Å²) in [6, 6.07) is 3.03. The zero-order valence-corrected chi connectivity index (χ0v) is 14.0. The summed E-state index contributed by atoms with van der Waals surface area (Å²) in [5, 5.41) is 9.03. The average molecular weight is 315 g/mol. The zero-order valence-electron chi connectivity index (χ0n) is 13.2. The van der Waals surface area contributed by atoms with E-state index in [9.17, 15) is 8.42 Å². The summed E-state index contributed by atoms with van der Waals surface area (Å²) in [5.74, 6) is 0.235. The molecule has 0 bridgehead atoms. The van der Waals surface area contributed by atoms with Crippen molar-refractivity contribution in [3.05, 3.63) is 23.9 Å². The Kier molecular flexibility index (Phi) is 6.73. The maximum atomic E-state index is 12.7. The van der Waals surface area contributed by atoms with Crippen molar-refractivity contribution in [1.82, 2.24) is 14.2 Å². The van der Waals surface area contributed by atoms with Gasteiger partial charge >= 0.3 is 0 Å². The summed E-state index contributed by atoms with van der Waals surface area (Å²) in [4.78, 5) is 5.92. The number of likely N-dealkylation sites (N-methyl/N-ethyl adjacent to an activating group) is 1. The lowest BCUT2D eigenvalue weighted by atomic mass is 10.2. The standard InChI is InChI=1S/C14H25N3O3S/c1-12(2)10-17(8-7-16(3)4)21(19,20)14-6-5-13(11-18)9-15-14/h5-6,9,12,18H,7-8,10-11H2,1-4H3. The molecule has 0 radical (unpaired) electrons. The molecule has 0 aliphatic carbocycles. The first kappa shape index (κ1) is 18.0. The van der Waals surface area contributed by atoms with Gasteiger partial charge in [-0.05, 0) is 31.6 Å². The highest BCUT2D eigenvalue weighted by Gasteiger charge is 2.26. The molecule has 0 unspecified atom stereocenters. The smallest absolute Gasteiger partial charge is 0.260 e. The molecule has 0 aromatic carbocycles. The van der Waals surface area contributed by atoms with Crippen LogP contribution >= 0.6 is 0 Å². The molecule has 21 heavy (non-hydrogen) atoms. The molecular weight excluding hydrogens is 290 g/mol. The molecule has 0 saturated carbocycles. The van der Waals surface area contributed by atoms with Crippen molar-refractivity contribution < 1.29 is 13.5 Å². The molecule has 0 aliphatic rings. The van der Waals surface area contributed by atoms with E-state index in [0.717, 1.165) is 0 Å². The van der Waals surface area contributed by atoms with Gasteiger partial charge in [0.05, 0.1) is 6.61 Å². The fourth-order valence-corrected chi connectivity index (χ4v) is 3.32. The van der Waals surface area contributed by atoms with Crippen molar-refractivity contribution in [3.63, 3.8) is 0 Å². The summed E-state index contributed by atoms with van der Waals surface area (Å²) >= 11 is 0. The lowest BCUT2D eigenvalue weighted by Gasteiger charge is -2.25. The second-order valence-corrected chi connectivity index (χ2v) is 7.61. The topological polar surface area (TPSA) is 73.7 Å². The van der Waals surface area contributed by atoms with Gasteiger partial charge in [-0.3, -0.25) is 0 Å². The molecule has 0 aliphatic heterocycles. The highest BCUT2D eigenvalue weighted by molar-refractivity contribution is 7.89. The number of hydrogen-bond acceptors (Lipinski definition) is 5. The number of nitrogens with zero attached hydrogens (tertiary/aromatic N) is 3. The molecule has 0 spiro atoms. The Morgan fingerprint density at radius 2 is 1.90 bits per heavy atom. The third-order valence-corrected chi connectivity index (χ3v) is 4.73. The highest BCUT2D eigenvalue weighted by atomic mass is 32.2. The van der Waals surface area contributed by atoms with Gasteiger partial charge in [0.2, 0.25) is 0 Å². The SMILES string of the molecule is CC(C)CN(CCN(C)C)S(=O)(=O)c1ccc(CO)cn1. The predicted molar refractivity (Wildman–Crippen MR) is 82.3 cm³/mol. The molecule has 1 N–H and O–H groups in total. The van der Waals surface area contributed by atoms with Gasteiger partial charge in [0.25, 0.3) is 10.0 Å². The Bertz CT molecular complexity index is 527. The molecule has 0 fully saturated rings. The summed E-state index contributed by atoms with van der Waals surface area (Å²) in [7, 11) is 0.219. The van der Waals surface area contributed by atoms with Crippen molar-refractivity contribution in [1.29, 1.82) is 0 Å². The van der Waals surface area contributed by atoms with Crippen LogP contribution in [0.2, 0.25) is 0 Å². The lowest BCUT2D eigenvalue weighted by molar-refractivity contribution is 0.281. The van der Waals surface area contributed by atoms with E-state index in [-0.39, 0.29) is 17.6 Å². The number of pyridine rings is 1. The van der Waals surface area contributed by atoms with Gasteiger partial charge in [0.1, 0.15) is 0 Å². The van der Waals surface area contributed by atoms with Gasteiger partial charge in [-0.2, -0.15) is 4.31 Å². The minimum atomic E-state index is -3.60. The minimum Gasteiger partial charge on any atom is -0.392 e. The van der Waals surface area contributed by atoms with Gasteiger partial charge in [-0.1, -0.05) is 19.9 Å². The molecule has 0 saturated heterocycles. The first-order valence-corrected chi connectivity index (χ1v) is 8.42. The van der Waals surface area contributed by atoms with E-state index in [1.165, 1.54) is 16.6 Å². The normalized spacial score (nSPS) is 12.6. The van der Waals surface area contributed by atoms with Gasteiger partial charge in [-0.25, -0.2) is 13.4 Å². The number of sulfonamides is 1. The molecule has 1 rings (SSSR count). The summed E-state index contributed by atoms with van der Waals surface area (Å²) in [6.45, 7) is 5.36. The molecule has 6 nitrogen and oxygen atoms in total. The maximum absolute atomic E-state index is 12.7. The fraction of sp³-hybridized carbons (Fsp3) is 0.643. The van der Waals surface area contributed by atoms with Crippen molar-refractivity contribution in [2.45, 2.75) is 25.5 Å². The van der Waals surface area contributed by atoms with Gasteiger partial charge in [0, 0.05) is 25.8 Å². The molecule has 1 heterocycles. The summed E-state index contributed by atoms with van der Waals surface area (Å²) < 4.78 is 26.8. The van der Waals surface area contributed by atoms with E-state index in [0.29, 0.717) is 25.2 Å². The van der Waals surface area contributed by atoms with Crippen LogP contribution in [0.5, 0.6) is 0 Å². The van der Waals surface area contributed by atoms with Crippen LogP contribution < -0.4 is 0 Å². The van der Waals surface area contributed by atoms with Gasteiger partial charge in [0.15, 0.2) is 5.03 Å². The fourth-order valence-electron chi connectivity index (χ4n) is 1.82. The second kappa shape index (κ2) is 7.84. The van der Waals surface area contributed by atoms with E-state index in [4.69, 9.17) is 5.11 Å². The number of aliphatic hydroxyl groups is 1. The lowest BCUT2D eigenvalue weighted by Crippen LogP contribution is -2.39. The van der Waals surface area contributed by atoms with Crippen LogP contribution in [0.25, 0.3) is 0 Å². The van der Waals surface area contributed by atoms with Gasteiger partial charge < -0.3 is 10.0 Å². The van der Waals surface area contributed by atoms with Crippen LogP contribution in [-0.2, 0) is 16.6 Å². The number of aliphatic hydroxyl groups excluding tert-OH is 1. The van der Waals surface area contributed by atoms with E-state index in [2.05, 4.69) is 4.98 Å². The second-order valence-electron chi connectivity index (χ2n) is 5.72. The van der Waals surface area contributed by atoms with Crippen molar-refractivity contribution in [3.8, 4) is 0 Å². The van der Waals surface area contributed by atoms with E-state index < -0.39 is 10.0 Å². The molecule has 0 amide bonds. The number of rotatable bonds is 8. The Morgan fingerprint density at radius 1 is 1.24 bits per heavy atom. The molecular formula is C14H25N3O3S. The van der Waals surface area contributed by atoms with E-state index in [1.807, 2.05) is 32.8 Å². The van der Waals surface area contributed by atoms with Gasteiger partial charge in [-0.15, -0.1) is 0 Å². The van der Waals surface area contributed by atoms with E-state index >= 15 is 0 Å². The minimum absolute atomic E-state index is 0.0270. The Morgan fingerprint density at radius 3 is 2.33 bits per heavy atom.